The second-order valence-corrected chi connectivity index (χ2v) is 12.8. The fraction of sp³-hybridized carbons (Fsp3) is 0.419. The van der Waals surface area contributed by atoms with Crippen LogP contribution in [0.15, 0.2) is 64.8 Å². The first kappa shape index (κ1) is 38.4. The molecule has 1 aromatic heterocycles. The first-order valence-electron chi connectivity index (χ1n) is 15.6. The Labute approximate surface area is 290 Å². The van der Waals surface area contributed by atoms with Crippen molar-refractivity contribution >= 4 is 28.1 Å². The van der Waals surface area contributed by atoms with Crippen molar-refractivity contribution in [2.75, 3.05) is 19.8 Å². The van der Waals surface area contributed by atoms with E-state index in [1.165, 1.54) is 24.1 Å². The molecule has 4 rings (SSSR count). The van der Waals surface area contributed by atoms with Gasteiger partial charge < -0.3 is 19.4 Å². The van der Waals surface area contributed by atoms with Gasteiger partial charge in [-0.3, -0.25) is 14.4 Å². The number of nitrogens with one attached hydrogen (secondary N) is 1. The maximum absolute atomic E-state index is 13.5. The van der Waals surface area contributed by atoms with Crippen LogP contribution in [-0.4, -0.2) is 78.3 Å². The number of carbonyl (C=O) groups is 3. The predicted molar refractivity (Wildman–Crippen MR) is 169 cm³/mol. The number of sulfonamides is 1. The molecule has 2 atom stereocenters. The summed E-state index contributed by atoms with van der Waals surface area (Å²) in [6.45, 7) is 4.83. The summed E-state index contributed by atoms with van der Waals surface area (Å²) in [5, 5.41) is 20.6. The number of alkyl halides is 3. The molecular weight excluding hydrogens is 705 g/mol. The summed E-state index contributed by atoms with van der Waals surface area (Å²) in [7, 11) is -4.42. The molecule has 1 N–H and O–H groups in total. The van der Waals surface area contributed by atoms with Crippen molar-refractivity contribution in [2.24, 2.45) is 5.28 Å². The second kappa shape index (κ2) is 16.5. The molecule has 1 aliphatic heterocycles. The molecule has 2 heterocycles. The fourth-order valence-electron chi connectivity index (χ4n) is 4.83. The van der Waals surface area contributed by atoms with E-state index in [0.29, 0.717) is 18.4 Å². The number of benzene rings is 2. The van der Waals surface area contributed by atoms with Gasteiger partial charge in [0.2, 0.25) is 11.2 Å². The standard InChI is InChI=1S/C31H35F3N6O10S/c1-4-47-30(43)49-21(3)50-37-40(44)38-17-5-6-24(38)19-48-29(42)16-15-28(41)36-51(45,46)25-13-11-23(12-14-25)39-26(18-27(35-39)31(32,33)34)22-9-7-20(2)8-10-22/h7-14,18,21,24H,4-6,15-17,19H2,1-3H3,(H,36,41)/b40-37+/t21?,24-/m0/s1. The largest absolute Gasteiger partial charge is 0.569 e. The van der Waals surface area contributed by atoms with Gasteiger partial charge in [0, 0.05) is 18.9 Å². The van der Waals surface area contributed by atoms with Crippen LogP contribution in [0.25, 0.3) is 16.9 Å². The van der Waals surface area contributed by atoms with Crippen LogP contribution in [0.3, 0.4) is 0 Å². The number of hydrogen-bond acceptors (Lipinski definition) is 12. The summed E-state index contributed by atoms with van der Waals surface area (Å²) in [6, 6.07) is 11.7. The number of hydrazine groups is 1. The van der Waals surface area contributed by atoms with Crippen LogP contribution in [0.2, 0.25) is 0 Å². The van der Waals surface area contributed by atoms with Gasteiger partial charge in [0.25, 0.3) is 16.3 Å². The molecule has 0 saturated carbocycles. The number of aryl methyl sites for hydroxylation is 1. The summed E-state index contributed by atoms with van der Waals surface area (Å²) in [6.07, 6.45) is -6.95. The van der Waals surface area contributed by atoms with Gasteiger partial charge in [-0.05, 0) is 57.0 Å². The molecule has 3 aromatic rings. The number of nitrogens with zero attached hydrogens (tertiary/aromatic N) is 5. The molecule has 0 radical (unpaired) electrons. The number of ether oxygens (including phenoxy) is 3. The number of amides is 1. The fourth-order valence-corrected chi connectivity index (χ4v) is 5.84. The lowest BCUT2D eigenvalue weighted by molar-refractivity contribution is -0.716. The molecule has 1 unspecified atom stereocenters. The zero-order valence-electron chi connectivity index (χ0n) is 27.7. The molecule has 0 bridgehead atoms. The summed E-state index contributed by atoms with van der Waals surface area (Å²) >= 11 is 0. The summed E-state index contributed by atoms with van der Waals surface area (Å²) in [4.78, 5) is 40.7. The van der Waals surface area contributed by atoms with E-state index in [0.717, 1.165) is 28.4 Å². The molecule has 20 heteroatoms. The lowest BCUT2D eigenvalue weighted by atomic mass is 10.1. The van der Waals surface area contributed by atoms with Crippen LogP contribution >= 0.6 is 0 Å². The minimum atomic E-state index is -4.73. The second-order valence-electron chi connectivity index (χ2n) is 11.2. The van der Waals surface area contributed by atoms with Crippen LogP contribution in [0, 0.1) is 12.1 Å². The molecule has 276 valence electrons. The van der Waals surface area contributed by atoms with E-state index in [4.69, 9.17) is 14.3 Å². The number of halogens is 3. The van der Waals surface area contributed by atoms with Gasteiger partial charge in [-0.1, -0.05) is 29.8 Å². The third-order valence-corrected chi connectivity index (χ3v) is 8.72. The van der Waals surface area contributed by atoms with Crippen molar-refractivity contribution in [3.63, 3.8) is 0 Å². The Morgan fingerprint density at radius 2 is 1.78 bits per heavy atom. The van der Waals surface area contributed by atoms with E-state index in [-0.39, 0.29) is 41.0 Å². The predicted octanol–water partition coefficient (Wildman–Crippen LogP) is 4.79. The molecule has 51 heavy (non-hydrogen) atoms. The van der Waals surface area contributed by atoms with E-state index >= 15 is 0 Å². The Kier molecular flexibility index (Phi) is 12.5. The smallest absolute Gasteiger partial charge is 0.511 e. The highest BCUT2D eigenvalue weighted by molar-refractivity contribution is 7.90. The topological polar surface area (TPSA) is 194 Å². The Morgan fingerprint density at radius 3 is 2.43 bits per heavy atom. The van der Waals surface area contributed by atoms with E-state index in [2.05, 4.69) is 15.1 Å². The third kappa shape index (κ3) is 10.5. The van der Waals surface area contributed by atoms with Gasteiger partial charge in [-0.2, -0.15) is 18.3 Å². The summed E-state index contributed by atoms with van der Waals surface area (Å²) < 4.78 is 83.7. The Hall–Kier alpha value is -5.40. The molecule has 1 saturated heterocycles. The van der Waals surface area contributed by atoms with Gasteiger partial charge in [0.05, 0.1) is 40.8 Å². The lowest BCUT2D eigenvalue weighted by Gasteiger charge is -2.20. The highest BCUT2D eigenvalue weighted by atomic mass is 32.2. The Morgan fingerprint density at radius 1 is 1.10 bits per heavy atom. The number of esters is 1. The highest BCUT2D eigenvalue weighted by Gasteiger charge is 2.36. The van der Waals surface area contributed by atoms with Crippen molar-refractivity contribution in [1.29, 1.82) is 0 Å². The average Bonchev–Trinajstić information content (AvgIpc) is 3.74. The quantitative estimate of drug-likeness (QED) is 0.0782. The number of hydrogen-bond donors (Lipinski definition) is 1. The highest BCUT2D eigenvalue weighted by Crippen LogP contribution is 2.33. The van der Waals surface area contributed by atoms with Gasteiger partial charge in [-0.25, -0.2) is 22.6 Å². The van der Waals surface area contributed by atoms with Gasteiger partial charge >= 0.3 is 18.3 Å². The summed E-state index contributed by atoms with van der Waals surface area (Å²) in [5.41, 5.74) is 0.472. The number of aromatic nitrogens is 2. The first-order valence-corrected chi connectivity index (χ1v) is 17.1. The molecule has 1 fully saturated rings. The van der Waals surface area contributed by atoms with Crippen LogP contribution in [-0.2, 0) is 44.8 Å². The van der Waals surface area contributed by atoms with E-state index in [9.17, 15) is 41.2 Å². The van der Waals surface area contributed by atoms with Crippen molar-refractivity contribution in [3.8, 4) is 16.9 Å². The Balaban J connectivity index is 1.30. The maximum Gasteiger partial charge on any atom is 0.511 e. The van der Waals surface area contributed by atoms with Gasteiger partial charge in [0.1, 0.15) is 12.6 Å². The zero-order valence-corrected chi connectivity index (χ0v) is 28.5. The van der Waals surface area contributed by atoms with Crippen molar-refractivity contribution in [1.82, 2.24) is 19.5 Å². The number of carbonyl (C=O) groups excluding carboxylic acids is 3. The van der Waals surface area contributed by atoms with Gasteiger partial charge in [-0.15, -0.1) is 5.01 Å². The lowest BCUT2D eigenvalue weighted by Crippen LogP contribution is -2.39. The minimum absolute atomic E-state index is 0.0786. The number of rotatable bonds is 14. The van der Waals surface area contributed by atoms with Gasteiger partial charge in [0.15, 0.2) is 5.69 Å². The molecule has 0 spiro atoms. The van der Waals surface area contributed by atoms with Crippen molar-refractivity contribution < 1.29 is 60.0 Å². The van der Waals surface area contributed by atoms with Crippen LogP contribution in [0.4, 0.5) is 18.0 Å². The van der Waals surface area contributed by atoms with Crippen LogP contribution in [0.5, 0.6) is 0 Å². The molecule has 1 aliphatic rings. The zero-order chi connectivity index (χ0) is 37.3. The normalized spacial score (nSPS) is 15.6. The van der Waals surface area contributed by atoms with E-state index in [1.54, 1.807) is 31.2 Å². The average molecular weight is 741 g/mol. The molecule has 1 amide bonds. The van der Waals surface area contributed by atoms with Crippen molar-refractivity contribution in [3.05, 3.63) is 71.1 Å². The van der Waals surface area contributed by atoms with Crippen LogP contribution in [0.1, 0.15) is 50.8 Å². The monoisotopic (exact) mass is 740 g/mol. The SMILES string of the molecule is CCOC(=O)OC(C)O/N=[N+](/[O-])N1CCC[C@H]1COC(=O)CCC(=O)NS(=O)(=O)c1ccc(-n2nc(C(F)(F)F)cc2-c2ccc(C)cc2)cc1. The summed E-state index contributed by atoms with van der Waals surface area (Å²) in [5.74, 6) is -1.84. The van der Waals surface area contributed by atoms with Crippen LogP contribution < -0.4 is 4.72 Å². The Bertz CT molecular complexity index is 1830. The maximum atomic E-state index is 13.5. The first-order chi connectivity index (χ1) is 24.1. The van der Waals surface area contributed by atoms with Crippen molar-refractivity contribution in [2.45, 2.75) is 69.9 Å². The minimum Gasteiger partial charge on any atom is -0.569 e. The molecule has 16 nitrogen and oxygen atoms in total. The molecule has 2 aromatic carbocycles. The van der Waals surface area contributed by atoms with E-state index in [1.807, 2.05) is 11.6 Å². The third-order valence-electron chi connectivity index (χ3n) is 7.34. The molecular formula is C31H35F3N6O10S. The van der Waals surface area contributed by atoms with E-state index < -0.39 is 65.1 Å². The molecule has 0 aliphatic carbocycles.